The van der Waals surface area contributed by atoms with Gasteiger partial charge in [0.2, 0.25) is 11.5 Å². The van der Waals surface area contributed by atoms with Crippen LogP contribution in [0.5, 0.6) is 5.75 Å². The van der Waals surface area contributed by atoms with E-state index in [0.29, 0.717) is 6.61 Å². The minimum Gasteiger partial charge on any atom is -0.488 e. The van der Waals surface area contributed by atoms with Crippen molar-refractivity contribution < 1.29 is 18.8 Å². The molecule has 0 spiro atoms. The van der Waals surface area contributed by atoms with Crippen LogP contribution in [0.1, 0.15) is 33.2 Å². The van der Waals surface area contributed by atoms with Crippen molar-refractivity contribution in [3.63, 3.8) is 0 Å². The zero-order chi connectivity index (χ0) is 21.8. The van der Waals surface area contributed by atoms with Crippen molar-refractivity contribution in [2.45, 2.75) is 38.8 Å². The molecule has 0 fully saturated rings. The predicted octanol–water partition coefficient (Wildman–Crippen LogP) is 4.82. The Bertz CT molecular complexity index is 1300. The summed E-state index contributed by atoms with van der Waals surface area (Å²) >= 11 is 1.72. The Labute approximate surface area is 185 Å². The second-order valence-electron chi connectivity index (χ2n) is 8.87. The van der Waals surface area contributed by atoms with Crippen LogP contribution in [0.25, 0.3) is 26.4 Å². The molecule has 0 saturated heterocycles. The van der Waals surface area contributed by atoms with Crippen LogP contribution in [0.15, 0.2) is 48.5 Å². The number of aromatic nitrogens is 2. The molecule has 0 aliphatic carbocycles. The Morgan fingerprint density at radius 3 is 2.74 bits per heavy atom. The van der Waals surface area contributed by atoms with E-state index in [0.717, 1.165) is 33.3 Å². The third-order valence-electron chi connectivity index (χ3n) is 5.46. The maximum Gasteiger partial charge on any atom is 0.349 e. The Morgan fingerprint density at radius 1 is 1.23 bits per heavy atom. The fourth-order valence-electron chi connectivity index (χ4n) is 4.20. The summed E-state index contributed by atoms with van der Waals surface area (Å²) < 4.78 is 17.0. The molecule has 1 N–H and O–H groups in total. The van der Waals surface area contributed by atoms with Crippen molar-refractivity contribution in [1.29, 1.82) is 0 Å². The molecular formula is C24H26N3O3S+. The van der Waals surface area contributed by atoms with Gasteiger partial charge in [-0.1, -0.05) is 24.3 Å². The van der Waals surface area contributed by atoms with Crippen molar-refractivity contribution in [2.75, 3.05) is 19.0 Å². The number of thiazole rings is 1. The lowest BCUT2D eigenvalue weighted by molar-refractivity contribution is -0.684. The number of anilines is 1. The largest absolute Gasteiger partial charge is 0.488 e. The highest BCUT2D eigenvalue weighted by molar-refractivity contribution is 7.23. The van der Waals surface area contributed by atoms with Gasteiger partial charge in [-0.25, -0.2) is 4.57 Å². The number of ether oxygens (including phenoxy) is 2. The van der Waals surface area contributed by atoms with Crippen LogP contribution in [0.3, 0.4) is 0 Å². The molecule has 3 heterocycles. The van der Waals surface area contributed by atoms with E-state index in [1.165, 1.54) is 11.8 Å². The zero-order valence-corrected chi connectivity index (χ0v) is 19.0. The van der Waals surface area contributed by atoms with Gasteiger partial charge in [0.05, 0.1) is 23.8 Å². The second kappa shape index (κ2) is 7.27. The average molecular weight is 437 g/mol. The molecule has 0 amide bonds. The smallest absolute Gasteiger partial charge is 0.349 e. The Hall–Kier alpha value is -3.06. The maximum atomic E-state index is 12.3. The van der Waals surface area contributed by atoms with Gasteiger partial charge in [-0.15, -0.1) is 0 Å². The van der Waals surface area contributed by atoms with E-state index in [1.807, 2.05) is 18.2 Å². The van der Waals surface area contributed by atoms with Crippen LogP contribution in [-0.2, 0) is 9.53 Å². The number of hydrogen-bond donors (Lipinski definition) is 1. The van der Waals surface area contributed by atoms with Gasteiger partial charge in [-0.3, -0.25) is 4.79 Å². The number of methoxy groups -OCH3 is 1. The number of carbonyl (C=O) groups excluding carboxylic acids is 1. The topological polar surface area (TPSA) is 55.9 Å². The average Bonchev–Trinajstić information content (AvgIpc) is 3.19. The Kier molecular flexibility index (Phi) is 4.66. The molecule has 0 bridgehead atoms. The van der Waals surface area contributed by atoms with Crippen LogP contribution >= 0.6 is 11.3 Å². The second-order valence-corrected chi connectivity index (χ2v) is 9.88. The summed E-state index contributed by atoms with van der Waals surface area (Å²) in [5, 5.41) is 3.74. The molecular weight excluding hydrogens is 410 g/mol. The lowest BCUT2D eigenvalue weighted by Gasteiger charge is -2.20. The molecule has 31 heavy (non-hydrogen) atoms. The van der Waals surface area contributed by atoms with Crippen LogP contribution in [0.4, 0.5) is 5.82 Å². The quantitative estimate of drug-likeness (QED) is 0.370. The first-order valence-corrected chi connectivity index (χ1v) is 11.2. The molecule has 1 atom stereocenters. The molecule has 2 aromatic carbocycles. The highest BCUT2D eigenvalue weighted by Crippen LogP contribution is 2.42. The van der Waals surface area contributed by atoms with E-state index in [2.05, 4.69) is 65.4 Å². The van der Waals surface area contributed by atoms with Crippen molar-refractivity contribution >= 4 is 38.3 Å². The van der Waals surface area contributed by atoms with E-state index < -0.39 is 0 Å². The molecule has 6 nitrogen and oxygen atoms in total. The standard InChI is InChI=1S/C24H26N3O3S/c1-24(2,3)25-22-21-16-9-5-7-11-18(16)30-14-15(13-20(28)29-4)26(21)23-27(22)17-10-6-8-12-19(17)31-23/h5-12,15,25H,13-14H2,1-4H3/q+1. The van der Waals surface area contributed by atoms with E-state index in [-0.39, 0.29) is 24.0 Å². The van der Waals surface area contributed by atoms with Crippen LogP contribution in [0.2, 0.25) is 0 Å². The van der Waals surface area contributed by atoms with Gasteiger partial charge in [0, 0.05) is 5.54 Å². The first-order chi connectivity index (χ1) is 14.9. The number of benzene rings is 2. The van der Waals surface area contributed by atoms with Gasteiger partial charge in [0.15, 0.2) is 5.52 Å². The first-order valence-electron chi connectivity index (χ1n) is 10.4. The molecule has 7 heteroatoms. The van der Waals surface area contributed by atoms with Gasteiger partial charge in [-0.2, -0.15) is 4.40 Å². The SMILES string of the molecule is COC(=O)CC1COc2ccccc2-c2c(NC(C)(C)C)n3c4ccccc4sc3[n+]21. The minimum atomic E-state index is -0.246. The molecule has 0 saturated carbocycles. The fourth-order valence-corrected chi connectivity index (χ4v) is 5.43. The summed E-state index contributed by atoms with van der Waals surface area (Å²) in [5.74, 6) is 1.58. The lowest BCUT2D eigenvalue weighted by atomic mass is 10.1. The maximum absolute atomic E-state index is 12.3. The van der Waals surface area contributed by atoms with Crippen molar-refractivity contribution in [1.82, 2.24) is 4.40 Å². The van der Waals surface area contributed by atoms with Crippen LogP contribution in [-0.4, -0.2) is 29.6 Å². The number of rotatable bonds is 3. The molecule has 1 unspecified atom stereocenters. The summed E-state index contributed by atoms with van der Waals surface area (Å²) in [6.07, 6.45) is 0.241. The van der Waals surface area contributed by atoms with Crippen molar-refractivity contribution in [3.8, 4) is 17.0 Å². The Morgan fingerprint density at radius 2 is 1.97 bits per heavy atom. The highest BCUT2D eigenvalue weighted by Gasteiger charge is 2.40. The fraction of sp³-hybridized carbons (Fsp3) is 0.333. The van der Waals surface area contributed by atoms with Gasteiger partial charge in [-0.05, 0) is 56.4 Å². The summed E-state index contributed by atoms with van der Waals surface area (Å²) in [6.45, 7) is 6.86. The number of hydrogen-bond acceptors (Lipinski definition) is 5. The summed E-state index contributed by atoms with van der Waals surface area (Å²) in [4.78, 5) is 13.4. The number of para-hydroxylation sites is 2. The van der Waals surface area contributed by atoms with E-state index in [1.54, 1.807) is 11.3 Å². The number of fused-ring (bicyclic) bond motifs is 7. The molecule has 0 radical (unpaired) electrons. The van der Waals surface area contributed by atoms with Gasteiger partial charge in [0.1, 0.15) is 18.4 Å². The number of nitrogens with one attached hydrogen (secondary N) is 1. The normalized spacial score (nSPS) is 15.8. The third kappa shape index (κ3) is 3.33. The monoisotopic (exact) mass is 436 g/mol. The highest BCUT2D eigenvalue weighted by atomic mass is 32.1. The molecule has 4 aromatic rings. The number of imidazole rings is 1. The van der Waals surface area contributed by atoms with E-state index >= 15 is 0 Å². The van der Waals surface area contributed by atoms with Crippen LogP contribution in [0, 0.1) is 0 Å². The lowest BCUT2D eigenvalue weighted by Crippen LogP contribution is -2.43. The predicted molar refractivity (Wildman–Crippen MR) is 123 cm³/mol. The first kappa shape index (κ1) is 19.9. The molecule has 1 aliphatic rings. The molecule has 1 aliphatic heterocycles. The third-order valence-corrected chi connectivity index (χ3v) is 6.58. The molecule has 5 rings (SSSR count). The van der Waals surface area contributed by atoms with Gasteiger partial charge in [0.25, 0.3) is 0 Å². The minimum absolute atomic E-state index is 0.161. The molecule has 2 aromatic heterocycles. The number of esters is 1. The van der Waals surface area contributed by atoms with E-state index in [9.17, 15) is 4.79 Å². The van der Waals surface area contributed by atoms with Gasteiger partial charge >= 0.3 is 10.9 Å². The number of carbonyl (C=O) groups is 1. The van der Waals surface area contributed by atoms with Crippen molar-refractivity contribution in [2.24, 2.45) is 0 Å². The number of nitrogens with zero attached hydrogens (tertiary/aromatic N) is 2. The summed E-state index contributed by atoms with van der Waals surface area (Å²) in [7, 11) is 1.43. The summed E-state index contributed by atoms with van der Waals surface area (Å²) in [5.41, 5.74) is 3.03. The molecule has 160 valence electrons. The van der Waals surface area contributed by atoms with Gasteiger partial charge < -0.3 is 14.8 Å². The van der Waals surface area contributed by atoms with E-state index in [4.69, 9.17) is 9.47 Å². The summed E-state index contributed by atoms with van der Waals surface area (Å²) in [6, 6.07) is 16.3. The van der Waals surface area contributed by atoms with Crippen molar-refractivity contribution in [3.05, 3.63) is 48.5 Å². The van der Waals surface area contributed by atoms with Crippen LogP contribution < -0.4 is 14.6 Å². The Balaban J connectivity index is 1.90. The zero-order valence-electron chi connectivity index (χ0n) is 18.1.